The topological polar surface area (TPSA) is 82.8 Å². The van der Waals surface area contributed by atoms with Crippen molar-refractivity contribution in [2.75, 3.05) is 27.1 Å². The largest absolute Gasteiger partial charge is 0.493 e. The van der Waals surface area contributed by atoms with E-state index in [-0.39, 0.29) is 12.3 Å². The molecule has 6 heteroatoms. The highest BCUT2D eigenvalue weighted by molar-refractivity contribution is 5.78. The van der Waals surface area contributed by atoms with E-state index >= 15 is 0 Å². The van der Waals surface area contributed by atoms with Crippen molar-refractivity contribution in [1.29, 1.82) is 0 Å². The molecule has 0 aliphatic heterocycles. The third kappa shape index (κ3) is 4.10. The number of carbonyl (C=O) groups excluding carboxylic acids is 1. The number of carbonyl (C=O) groups is 1. The number of amides is 1. The molecule has 0 aliphatic carbocycles. The van der Waals surface area contributed by atoms with Gasteiger partial charge in [0.25, 0.3) is 0 Å². The molecule has 128 valence electrons. The van der Waals surface area contributed by atoms with Gasteiger partial charge in [-0.25, -0.2) is 0 Å². The second-order valence-corrected chi connectivity index (χ2v) is 5.19. The van der Waals surface area contributed by atoms with Crippen LogP contribution in [0, 0.1) is 0 Å². The van der Waals surface area contributed by atoms with Crippen molar-refractivity contribution in [2.45, 2.75) is 13.0 Å². The summed E-state index contributed by atoms with van der Waals surface area (Å²) in [5.74, 6) is 1.54. The van der Waals surface area contributed by atoms with Gasteiger partial charge in [0, 0.05) is 17.8 Å². The van der Waals surface area contributed by atoms with Crippen molar-refractivity contribution in [2.24, 2.45) is 0 Å². The van der Waals surface area contributed by atoms with Gasteiger partial charge < -0.3 is 25.3 Å². The smallest absolute Gasteiger partial charge is 0.224 e. The molecule has 2 rings (SSSR count). The quantitative estimate of drug-likeness (QED) is 0.760. The third-order valence-corrected chi connectivity index (χ3v) is 3.61. The van der Waals surface area contributed by atoms with Gasteiger partial charge in [-0.15, -0.1) is 0 Å². The normalized spacial score (nSPS) is 10.1. The lowest BCUT2D eigenvalue weighted by molar-refractivity contribution is -0.120. The summed E-state index contributed by atoms with van der Waals surface area (Å²) in [4.78, 5) is 12.1. The summed E-state index contributed by atoms with van der Waals surface area (Å²) in [5, 5.41) is 2.88. The second kappa shape index (κ2) is 8.10. The molecule has 6 nitrogen and oxygen atoms in total. The van der Waals surface area contributed by atoms with Crippen molar-refractivity contribution in [3.05, 3.63) is 47.5 Å². The van der Waals surface area contributed by atoms with Crippen LogP contribution >= 0.6 is 0 Å². The second-order valence-electron chi connectivity index (χ2n) is 5.19. The molecule has 0 spiro atoms. The average Bonchev–Trinajstić information content (AvgIpc) is 2.60. The average molecular weight is 330 g/mol. The Labute approximate surface area is 141 Å². The molecule has 3 N–H and O–H groups in total. The Bertz CT molecular complexity index is 699. The van der Waals surface area contributed by atoms with E-state index in [0.29, 0.717) is 29.5 Å². The van der Waals surface area contributed by atoms with E-state index in [0.717, 1.165) is 11.1 Å². The van der Waals surface area contributed by atoms with Gasteiger partial charge in [-0.2, -0.15) is 0 Å². The number of nitrogen functional groups attached to an aromatic ring is 1. The predicted molar refractivity (Wildman–Crippen MR) is 92.5 cm³/mol. The summed E-state index contributed by atoms with van der Waals surface area (Å²) in [6.45, 7) is 0.331. The van der Waals surface area contributed by atoms with Crippen LogP contribution in [0.1, 0.15) is 11.1 Å². The Morgan fingerprint density at radius 1 is 0.958 bits per heavy atom. The predicted octanol–water partition coefficient (Wildman–Crippen LogP) is 2.15. The van der Waals surface area contributed by atoms with Gasteiger partial charge in [-0.1, -0.05) is 12.1 Å². The Kier molecular flexibility index (Phi) is 5.89. The van der Waals surface area contributed by atoms with Gasteiger partial charge in [-0.3, -0.25) is 4.79 Å². The first-order valence-corrected chi connectivity index (χ1v) is 7.48. The molecule has 0 atom stereocenters. The number of methoxy groups -OCH3 is 3. The van der Waals surface area contributed by atoms with Crippen LogP contribution in [-0.4, -0.2) is 27.2 Å². The first-order chi connectivity index (χ1) is 11.6. The summed E-state index contributed by atoms with van der Waals surface area (Å²) >= 11 is 0. The summed E-state index contributed by atoms with van der Waals surface area (Å²) in [6, 6.07) is 10.9. The minimum absolute atomic E-state index is 0.0865. The van der Waals surface area contributed by atoms with Gasteiger partial charge in [0.1, 0.15) is 0 Å². The molecule has 0 aliphatic rings. The van der Waals surface area contributed by atoms with Gasteiger partial charge in [0.2, 0.25) is 11.7 Å². The number of ether oxygens (including phenoxy) is 3. The van der Waals surface area contributed by atoms with Crippen LogP contribution in [0.5, 0.6) is 17.2 Å². The fourth-order valence-corrected chi connectivity index (χ4v) is 2.38. The number of nitrogens with two attached hydrogens (primary N) is 1. The van der Waals surface area contributed by atoms with Crippen molar-refractivity contribution >= 4 is 11.6 Å². The molecular formula is C18H22N2O4. The summed E-state index contributed by atoms with van der Waals surface area (Å²) in [5.41, 5.74) is 8.02. The Hall–Kier alpha value is -2.89. The van der Waals surface area contributed by atoms with Crippen molar-refractivity contribution in [1.82, 2.24) is 5.32 Å². The Morgan fingerprint density at radius 3 is 2.21 bits per heavy atom. The van der Waals surface area contributed by atoms with Crippen molar-refractivity contribution in [3.63, 3.8) is 0 Å². The maximum absolute atomic E-state index is 12.1. The molecule has 0 saturated carbocycles. The van der Waals surface area contributed by atoms with E-state index in [9.17, 15) is 4.79 Å². The zero-order valence-electron chi connectivity index (χ0n) is 14.1. The molecule has 0 unspecified atom stereocenters. The van der Waals surface area contributed by atoms with Crippen LogP contribution < -0.4 is 25.3 Å². The molecule has 0 saturated heterocycles. The Balaban J connectivity index is 2.05. The molecular weight excluding hydrogens is 308 g/mol. The van der Waals surface area contributed by atoms with Gasteiger partial charge >= 0.3 is 0 Å². The first-order valence-electron chi connectivity index (χ1n) is 7.48. The number of hydrogen-bond acceptors (Lipinski definition) is 5. The van der Waals surface area contributed by atoms with Crippen LogP contribution in [0.15, 0.2) is 36.4 Å². The molecule has 24 heavy (non-hydrogen) atoms. The van der Waals surface area contributed by atoms with Crippen molar-refractivity contribution < 1.29 is 19.0 Å². The molecule has 2 aromatic carbocycles. The fraction of sp³-hybridized carbons (Fsp3) is 0.278. The molecule has 0 radical (unpaired) electrons. The molecule has 0 fully saturated rings. The summed E-state index contributed by atoms with van der Waals surface area (Å²) in [7, 11) is 4.66. The van der Waals surface area contributed by atoms with Crippen LogP contribution in [0.3, 0.4) is 0 Å². The fourth-order valence-electron chi connectivity index (χ4n) is 2.38. The number of benzene rings is 2. The highest BCUT2D eigenvalue weighted by Crippen LogP contribution is 2.39. The minimum atomic E-state index is -0.0865. The standard InChI is InChI=1S/C18H22N2O4/c1-22-15-9-6-13(17(23-2)18(15)24-3)11-20-16(21)10-12-4-7-14(19)8-5-12/h4-9H,10-11,19H2,1-3H3,(H,20,21). The number of nitrogens with one attached hydrogen (secondary N) is 1. The van der Waals surface area contributed by atoms with E-state index < -0.39 is 0 Å². The number of hydrogen-bond donors (Lipinski definition) is 2. The van der Waals surface area contributed by atoms with E-state index in [4.69, 9.17) is 19.9 Å². The zero-order valence-corrected chi connectivity index (χ0v) is 14.1. The maximum Gasteiger partial charge on any atom is 0.224 e. The highest BCUT2D eigenvalue weighted by atomic mass is 16.5. The first kappa shape index (κ1) is 17.5. The highest BCUT2D eigenvalue weighted by Gasteiger charge is 2.16. The van der Waals surface area contributed by atoms with Crippen LogP contribution in [0.4, 0.5) is 5.69 Å². The summed E-state index contributed by atoms with van der Waals surface area (Å²) in [6.07, 6.45) is 0.288. The Morgan fingerprint density at radius 2 is 1.62 bits per heavy atom. The van der Waals surface area contributed by atoms with Gasteiger partial charge in [0.05, 0.1) is 27.8 Å². The van der Waals surface area contributed by atoms with Gasteiger partial charge in [0.15, 0.2) is 11.5 Å². The monoisotopic (exact) mass is 330 g/mol. The van der Waals surface area contributed by atoms with E-state index in [1.54, 1.807) is 39.5 Å². The molecule has 2 aromatic rings. The SMILES string of the molecule is COc1ccc(CNC(=O)Cc2ccc(N)cc2)c(OC)c1OC. The number of rotatable bonds is 7. The number of anilines is 1. The molecule has 0 bridgehead atoms. The lowest BCUT2D eigenvalue weighted by atomic mass is 10.1. The summed E-state index contributed by atoms with van der Waals surface area (Å²) < 4.78 is 16.0. The van der Waals surface area contributed by atoms with Crippen LogP contribution in [0.2, 0.25) is 0 Å². The van der Waals surface area contributed by atoms with Crippen molar-refractivity contribution in [3.8, 4) is 17.2 Å². The lowest BCUT2D eigenvalue weighted by Gasteiger charge is -2.16. The molecule has 0 aromatic heterocycles. The van der Waals surface area contributed by atoms with E-state index in [1.807, 2.05) is 18.2 Å². The van der Waals surface area contributed by atoms with Crippen LogP contribution in [0.25, 0.3) is 0 Å². The third-order valence-electron chi connectivity index (χ3n) is 3.61. The van der Waals surface area contributed by atoms with E-state index in [1.165, 1.54) is 0 Å². The molecule has 1 amide bonds. The van der Waals surface area contributed by atoms with E-state index in [2.05, 4.69) is 5.32 Å². The maximum atomic E-state index is 12.1. The molecule has 0 heterocycles. The zero-order chi connectivity index (χ0) is 17.5. The van der Waals surface area contributed by atoms with Crippen LogP contribution in [-0.2, 0) is 17.8 Å². The lowest BCUT2D eigenvalue weighted by Crippen LogP contribution is -2.24. The minimum Gasteiger partial charge on any atom is -0.493 e. The van der Waals surface area contributed by atoms with Gasteiger partial charge in [-0.05, 0) is 29.8 Å².